The Morgan fingerprint density at radius 1 is 0.939 bits per heavy atom. The lowest BCUT2D eigenvalue weighted by Crippen LogP contribution is -2.40. The topological polar surface area (TPSA) is 84.9 Å². The third-order valence-corrected chi connectivity index (χ3v) is 6.55. The van der Waals surface area contributed by atoms with E-state index >= 15 is 0 Å². The molecule has 3 aromatic carbocycles. The first kappa shape index (κ1) is 24.0. The minimum atomic E-state index is -4.27. The minimum absolute atomic E-state index is 0.0761. The molecular weight excluding hydrogens is 454 g/mol. The summed E-state index contributed by atoms with van der Waals surface area (Å²) in [5.74, 6) is -1.22. The molecule has 7 nitrogen and oxygen atoms in total. The molecule has 0 saturated heterocycles. The molecule has 3 rings (SSSR count). The molecule has 1 amide bonds. The third kappa shape index (κ3) is 5.58. The number of halogens is 2. The van der Waals surface area contributed by atoms with Gasteiger partial charge in [0.25, 0.3) is 10.0 Å². The molecule has 33 heavy (non-hydrogen) atoms. The van der Waals surface area contributed by atoms with E-state index in [1.165, 1.54) is 62.8 Å². The zero-order valence-corrected chi connectivity index (χ0v) is 18.7. The van der Waals surface area contributed by atoms with Crippen LogP contribution < -0.4 is 19.1 Å². The highest BCUT2D eigenvalue weighted by molar-refractivity contribution is 7.92. The molecule has 0 aliphatic carbocycles. The second-order valence-electron chi connectivity index (χ2n) is 6.87. The summed E-state index contributed by atoms with van der Waals surface area (Å²) >= 11 is 0. The Bertz CT molecular complexity index is 1230. The number of nitrogens with zero attached hydrogens (tertiary/aromatic N) is 1. The first-order valence-corrected chi connectivity index (χ1v) is 11.2. The van der Waals surface area contributed by atoms with E-state index in [-0.39, 0.29) is 28.4 Å². The van der Waals surface area contributed by atoms with Gasteiger partial charge in [-0.2, -0.15) is 0 Å². The Balaban J connectivity index is 1.92. The largest absolute Gasteiger partial charge is 0.493 e. The SMILES string of the molecule is COc1ccc(S(=O)(=O)N(CC(=O)NCc2ccccc2F)c2ccc(F)cc2)cc1OC. The quantitative estimate of drug-likeness (QED) is 0.511. The van der Waals surface area contributed by atoms with E-state index in [1.807, 2.05) is 0 Å². The van der Waals surface area contributed by atoms with Crippen LogP contribution in [0, 0.1) is 11.6 Å². The fourth-order valence-corrected chi connectivity index (χ4v) is 4.49. The van der Waals surface area contributed by atoms with Crippen LogP contribution in [0.25, 0.3) is 0 Å². The van der Waals surface area contributed by atoms with E-state index in [9.17, 15) is 22.0 Å². The number of sulfonamides is 1. The van der Waals surface area contributed by atoms with Crippen molar-refractivity contribution in [1.29, 1.82) is 0 Å². The van der Waals surface area contributed by atoms with Crippen molar-refractivity contribution in [3.05, 3.63) is 83.9 Å². The molecular formula is C23H22F2N2O5S. The normalized spacial score (nSPS) is 11.0. The monoisotopic (exact) mass is 476 g/mol. The predicted octanol–water partition coefficient (Wildman–Crippen LogP) is 3.49. The number of carbonyl (C=O) groups is 1. The molecule has 0 radical (unpaired) electrons. The first-order chi connectivity index (χ1) is 15.8. The van der Waals surface area contributed by atoms with Crippen molar-refractivity contribution in [3.8, 4) is 11.5 Å². The van der Waals surface area contributed by atoms with Gasteiger partial charge in [-0.25, -0.2) is 17.2 Å². The van der Waals surface area contributed by atoms with E-state index in [0.717, 1.165) is 16.4 Å². The van der Waals surface area contributed by atoms with Crippen LogP contribution in [0.5, 0.6) is 11.5 Å². The van der Waals surface area contributed by atoms with Gasteiger partial charge in [0, 0.05) is 18.2 Å². The summed E-state index contributed by atoms with van der Waals surface area (Å²) in [5, 5.41) is 2.51. The maximum atomic E-state index is 13.8. The van der Waals surface area contributed by atoms with Gasteiger partial charge in [-0.05, 0) is 42.5 Å². The number of nitrogens with one attached hydrogen (secondary N) is 1. The number of hydrogen-bond donors (Lipinski definition) is 1. The molecule has 1 N–H and O–H groups in total. The molecule has 0 saturated carbocycles. The molecule has 0 heterocycles. The lowest BCUT2D eigenvalue weighted by molar-refractivity contribution is -0.119. The summed E-state index contributed by atoms with van der Waals surface area (Å²) < 4.78 is 65.3. The maximum Gasteiger partial charge on any atom is 0.264 e. The van der Waals surface area contributed by atoms with Crippen LogP contribution in [0.3, 0.4) is 0 Å². The average Bonchev–Trinajstić information content (AvgIpc) is 2.82. The Hall–Kier alpha value is -3.66. The third-order valence-electron chi connectivity index (χ3n) is 4.78. The second kappa shape index (κ2) is 10.3. The summed E-state index contributed by atoms with van der Waals surface area (Å²) in [5.41, 5.74) is 0.328. The van der Waals surface area contributed by atoms with E-state index in [2.05, 4.69) is 5.32 Å². The average molecular weight is 477 g/mol. The number of anilines is 1. The molecule has 0 bridgehead atoms. The Morgan fingerprint density at radius 3 is 2.24 bits per heavy atom. The van der Waals surface area contributed by atoms with Crippen molar-refractivity contribution < 1.29 is 31.5 Å². The Kier molecular flexibility index (Phi) is 7.49. The number of ether oxygens (including phenoxy) is 2. The lowest BCUT2D eigenvalue weighted by atomic mass is 10.2. The van der Waals surface area contributed by atoms with Gasteiger partial charge in [0.05, 0.1) is 24.8 Å². The highest BCUT2D eigenvalue weighted by Crippen LogP contribution is 2.32. The van der Waals surface area contributed by atoms with Gasteiger partial charge in [-0.1, -0.05) is 18.2 Å². The van der Waals surface area contributed by atoms with Crippen LogP contribution in [0.1, 0.15) is 5.56 Å². The van der Waals surface area contributed by atoms with Gasteiger partial charge < -0.3 is 14.8 Å². The molecule has 0 aliphatic heterocycles. The summed E-state index contributed by atoms with van der Waals surface area (Å²) in [4.78, 5) is 12.5. The van der Waals surface area contributed by atoms with E-state index < -0.39 is 34.1 Å². The highest BCUT2D eigenvalue weighted by atomic mass is 32.2. The molecule has 10 heteroatoms. The van der Waals surface area contributed by atoms with Crippen LogP contribution in [0.15, 0.2) is 71.6 Å². The first-order valence-electron chi connectivity index (χ1n) is 9.76. The highest BCUT2D eigenvalue weighted by Gasteiger charge is 2.28. The van der Waals surface area contributed by atoms with E-state index in [0.29, 0.717) is 5.75 Å². The summed E-state index contributed by atoms with van der Waals surface area (Å²) in [7, 11) is -1.49. The summed E-state index contributed by atoms with van der Waals surface area (Å²) in [6.07, 6.45) is 0. The van der Waals surface area contributed by atoms with Crippen LogP contribution in [0.4, 0.5) is 14.5 Å². The zero-order chi connectivity index (χ0) is 24.0. The van der Waals surface area contributed by atoms with Crippen LogP contribution in [0.2, 0.25) is 0 Å². The predicted molar refractivity (Wildman–Crippen MR) is 119 cm³/mol. The van der Waals surface area contributed by atoms with Gasteiger partial charge in [0.2, 0.25) is 5.91 Å². The van der Waals surface area contributed by atoms with Gasteiger partial charge in [0.15, 0.2) is 11.5 Å². The molecule has 3 aromatic rings. The number of methoxy groups -OCH3 is 2. The maximum absolute atomic E-state index is 13.8. The molecule has 0 spiro atoms. The Morgan fingerprint density at radius 2 is 1.61 bits per heavy atom. The second-order valence-corrected chi connectivity index (χ2v) is 8.74. The fourth-order valence-electron chi connectivity index (χ4n) is 3.05. The van der Waals surface area contributed by atoms with Gasteiger partial charge in [-0.15, -0.1) is 0 Å². The van der Waals surface area contributed by atoms with Crippen molar-refractivity contribution in [2.75, 3.05) is 25.1 Å². The number of carbonyl (C=O) groups excluding carboxylic acids is 1. The van der Waals surface area contributed by atoms with Crippen molar-refractivity contribution in [3.63, 3.8) is 0 Å². The number of rotatable bonds is 9. The van der Waals surface area contributed by atoms with E-state index in [4.69, 9.17) is 9.47 Å². The molecule has 0 fully saturated rings. The summed E-state index contributed by atoms with van der Waals surface area (Å²) in [6, 6.07) is 14.6. The molecule has 174 valence electrons. The summed E-state index contributed by atoms with van der Waals surface area (Å²) in [6.45, 7) is -0.740. The molecule has 0 atom stereocenters. The Labute approximate surface area is 190 Å². The smallest absolute Gasteiger partial charge is 0.264 e. The van der Waals surface area contributed by atoms with Crippen molar-refractivity contribution in [1.82, 2.24) is 5.32 Å². The van der Waals surface area contributed by atoms with Gasteiger partial charge in [0.1, 0.15) is 18.2 Å². The number of hydrogen-bond acceptors (Lipinski definition) is 5. The van der Waals surface area contributed by atoms with Crippen LogP contribution >= 0.6 is 0 Å². The molecule has 0 unspecified atom stereocenters. The minimum Gasteiger partial charge on any atom is -0.493 e. The number of benzene rings is 3. The molecule has 0 aromatic heterocycles. The van der Waals surface area contributed by atoms with Gasteiger partial charge in [-0.3, -0.25) is 9.10 Å². The molecule has 0 aliphatic rings. The van der Waals surface area contributed by atoms with E-state index in [1.54, 1.807) is 6.07 Å². The van der Waals surface area contributed by atoms with Crippen molar-refractivity contribution in [2.45, 2.75) is 11.4 Å². The fraction of sp³-hybridized carbons (Fsp3) is 0.174. The van der Waals surface area contributed by atoms with Crippen LogP contribution in [-0.2, 0) is 21.4 Å². The lowest BCUT2D eigenvalue weighted by Gasteiger charge is -2.24. The van der Waals surface area contributed by atoms with Gasteiger partial charge >= 0.3 is 0 Å². The standard InChI is InChI=1S/C23H22F2N2O5S/c1-31-21-12-11-19(13-22(21)32-2)33(29,30)27(18-9-7-17(24)8-10-18)15-23(28)26-14-16-5-3-4-6-20(16)25/h3-13H,14-15H2,1-2H3,(H,26,28). The van der Waals surface area contributed by atoms with Crippen molar-refractivity contribution >= 4 is 21.6 Å². The van der Waals surface area contributed by atoms with Crippen LogP contribution in [-0.4, -0.2) is 35.1 Å². The zero-order valence-electron chi connectivity index (χ0n) is 17.9. The van der Waals surface area contributed by atoms with Crippen molar-refractivity contribution in [2.24, 2.45) is 0 Å². The number of amides is 1.